The zero-order valence-corrected chi connectivity index (χ0v) is 9.29. The SMILES string of the molecule is CC(C)(CN)Cc1coc2ccccc12. The predicted molar refractivity (Wildman–Crippen MR) is 62.8 cm³/mol. The molecule has 0 saturated carbocycles. The first-order chi connectivity index (χ1) is 7.12. The van der Waals surface area contributed by atoms with Crippen LogP contribution >= 0.6 is 0 Å². The Morgan fingerprint density at radius 2 is 2.00 bits per heavy atom. The van der Waals surface area contributed by atoms with Gasteiger partial charge in [0.2, 0.25) is 0 Å². The minimum absolute atomic E-state index is 0.132. The third-order valence-electron chi connectivity index (χ3n) is 2.78. The summed E-state index contributed by atoms with van der Waals surface area (Å²) in [7, 11) is 0. The van der Waals surface area contributed by atoms with Gasteiger partial charge in [0.15, 0.2) is 0 Å². The van der Waals surface area contributed by atoms with Gasteiger partial charge in [0, 0.05) is 5.39 Å². The van der Waals surface area contributed by atoms with E-state index in [9.17, 15) is 0 Å². The second-order valence-corrected chi connectivity index (χ2v) is 4.80. The average Bonchev–Trinajstić information content (AvgIpc) is 2.62. The Bertz CT molecular complexity index is 456. The first-order valence-electron chi connectivity index (χ1n) is 5.27. The largest absolute Gasteiger partial charge is 0.464 e. The van der Waals surface area contributed by atoms with E-state index in [1.807, 2.05) is 24.5 Å². The third-order valence-corrected chi connectivity index (χ3v) is 2.78. The smallest absolute Gasteiger partial charge is 0.134 e. The summed E-state index contributed by atoms with van der Waals surface area (Å²) in [6.07, 6.45) is 2.81. The molecule has 0 radical (unpaired) electrons. The van der Waals surface area contributed by atoms with Crippen LogP contribution in [0.1, 0.15) is 19.4 Å². The highest BCUT2D eigenvalue weighted by atomic mass is 16.3. The van der Waals surface area contributed by atoms with E-state index in [1.54, 1.807) is 0 Å². The van der Waals surface area contributed by atoms with Crippen molar-refractivity contribution in [3.05, 3.63) is 36.1 Å². The van der Waals surface area contributed by atoms with Gasteiger partial charge in [-0.15, -0.1) is 0 Å². The molecule has 0 saturated heterocycles. The van der Waals surface area contributed by atoms with Gasteiger partial charge in [-0.25, -0.2) is 0 Å². The van der Waals surface area contributed by atoms with Crippen molar-refractivity contribution in [1.29, 1.82) is 0 Å². The van der Waals surface area contributed by atoms with Crippen molar-refractivity contribution >= 4 is 11.0 Å². The molecule has 0 aliphatic rings. The van der Waals surface area contributed by atoms with Crippen LogP contribution in [0.5, 0.6) is 0 Å². The van der Waals surface area contributed by atoms with Crippen LogP contribution in [0.2, 0.25) is 0 Å². The van der Waals surface area contributed by atoms with E-state index in [1.165, 1.54) is 10.9 Å². The average molecular weight is 203 g/mol. The number of hydrogen-bond donors (Lipinski definition) is 1. The molecule has 0 unspecified atom stereocenters. The molecule has 1 aromatic carbocycles. The molecule has 2 rings (SSSR count). The normalized spacial score (nSPS) is 12.2. The van der Waals surface area contributed by atoms with Crippen molar-refractivity contribution in [3.8, 4) is 0 Å². The predicted octanol–water partition coefficient (Wildman–Crippen LogP) is 2.96. The van der Waals surface area contributed by atoms with Crippen LogP contribution in [0, 0.1) is 5.41 Å². The molecule has 0 spiro atoms. The number of nitrogens with two attached hydrogens (primary N) is 1. The fourth-order valence-electron chi connectivity index (χ4n) is 1.76. The number of para-hydroxylation sites is 1. The lowest BCUT2D eigenvalue weighted by atomic mass is 9.86. The van der Waals surface area contributed by atoms with E-state index in [2.05, 4.69) is 19.9 Å². The Kier molecular flexibility index (Phi) is 2.53. The van der Waals surface area contributed by atoms with E-state index in [0.717, 1.165) is 12.0 Å². The maximum Gasteiger partial charge on any atom is 0.134 e. The summed E-state index contributed by atoms with van der Waals surface area (Å²) in [5.74, 6) is 0. The summed E-state index contributed by atoms with van der Waals surface area (Å²) in [6, 6.07) is 8.12. The standard InChI is InChI=1S/C13H17NO/c1-13(2,9-14)7-10-8-15-12-6-4-3-5-11(10)12/h3-6,8H,7,9,14H2,1-2H3. The molecular formula is C13H17NO. The summed E-state index contributed by atoms with van der Waals surface area (Å²) >= 11 is 0. The molecule has 15 heavy (non-hydrogen) atoms. The summed E-state index contributed by atoms with van der Waals surface area (Å²) in [5.41, 5.74) is 8.08. The minimum Gasteiger partial charge on any atom is -0.464 e. The fourth-order valence-corrected chi connectivity index (χ4v) is 1.76. The monoisotopic (exact) mass is 203 g/mol. The lowest BCUT2D eigenvalue weighted by molar-refractivity contribution is 0.376. The van der Waals surface area contributed by atoms with Crippen LogP contribution in [0.4, 0.5) is 0 Å². The molecule has 1 heterocycles. The van der Waals surface area contributed by atoms with Gasteiger partial charge in [0.05, 0.1) is 6.26 Å². The molecule has 0 fully saturated rings. The minimum atomic E-state index is 0.132. The zero-order valence-electron chi connectivity index (χ0n) is 9.29. The molecule has 2 N–H and O–H groups in total. The van der Waals surface area contributed by atoms with Gasteiger partial charge in [-0.05, 0) is 30.0 Å². The van der Waals surface area contributed by atoms with Crippen molar-refractivity contribution in [2.75, 3.05) is 6.54 Å². The summed E-state index contributed by atoms with van der Waals surface area (Å²) in [6.45, 7) is 5.04. The van der Waals surface area contributed by atoms with Crippen LogP contribution < -0.4 is 5.73 Å². The first kappa shape index (κ1) is 10.2. The van der Waals surface area contributed by atoms with Gasteiger partial charge in [0.25, 0.3) is 0 Å². The summed E-state index contributed by atoms with van der Waals surface area (Å²) < 4.78 is 5.50. The van der Waals surface area contributed by atoms with Crippen molar-refractivity contribution in [3.63, 3.8) is 0 Å². The highest BCUT2D eigenvalue weighted by Crippen LogP contribution is 2.27. The van der Waals surface area contributed by atoms with E-state index < -0.39 is 0 Å². The fraction of sp³-hybridized carbons (Fsp3) is 0.385. The zero-order chi connectivity index (χ0) is 10.9. The summed E-state index contributed by atoms with van der Waals surface area (Å²) in [5, 5.41) is 1.21. The highest BCUT2D eigenvalue weighted by Gasteiger charge is 2.18. The molecule has 80 valence electrons. The Labute approximate surface area is 90.1 Å². The van der Waals surface area contributed by atoms with Crippen molar-refractivity contribution in [2.45, 2.75) is 20.3 Å². The quantitative estimate of drug-likeness (QED) is 0.833. The number of hydrogen-bond acceptors (Lipinski definition) is 2. The van der Waals surface area contributed by atoms with Gasteiger partial charge >= 0.3 is 0 Å². The Balaban J connectivity index is 2.37. The molecule has 0 aliphatic heterocycles. The molecule has 1 aromatic heterocycles. The number of rotatable bonds is 3. The molecule has 0 bridgehead atoms. The van der Waals surface area contributed by atoms with Crippen LogP contribution in [-0.4, -0.2) is 6.54 Å². The molecule has 2 aromatic rings. The van der Waals surface area contributed by atoms with Gasteiger partial charge < -0.3 is 10.2 Å². The van der Waals surface area contributed by atoms with Gasteiger partial charge in [-0.3, -0.25) is 0 Å². The second-order valence-electron chi connectivity index (χ2n) is 4.80. The molecule has 2 nitrogen and oxygen atoms in total. The summed E-state index contributed by atoms with van der Waals surface area (Å²) in [4.78, 5) is 0. The van der Waals surface area contributed by atoms with E-state index in [4.69, 9.17) is 10.2 Å². The topological polar surface area (TPSA) is 39.2 Å². The molecule has 0 amide bonds. The second kappa shape index (κ2) is 3.70. The van der Waals surface area contributed by atoms with Crippen LogP contribution in [-0.2, 0) is 6.42 Å². The van der Waals surface area contributed by atoms with Gasteiger partial charge in [0.1, 0.15) is 5.58 Å². The lowest BCUT2D eigenvalue weighted by Gasteiger charge is -2.21. The van der Waals surface area contributed by atoms with Gasteiger partial charge in [-0.2, -0.15) is 0 Å². The Morgan fingerprint density at radius 1 is 1.27 bits per heavy atom. The van der Waals surface area contributed by atoms with Crippen LogP contribution in [0.25, 0.3) is 11.0 Å². The van der Waals surface area contributed by atoms with Gasteiger partial charge in [-0.1, -0.05) is 32.0 Å². The number of furan rings is 1. The van der Waals surface area contributed by atoms with Crippen LogP contribution in [0.15, 0.2) is 34.9 Å². The van der Waals surface area contributed by atoms with Crippen molar-refractivity contribution < 1.29 is 4.42 Å². The van der Waals surface area contributed by atoms with E-state index >= 15 is 0 Å². The number of benzene rings is 1. The van der Waals surface area contributed by atoms with Crippen molar-refractivity contribution in [2.24, 2.45) is 11.1 Å². The molecule has 2 heteroatoms. The van der Waals surface area contributed by atoms with Crippen molar-refractivity contribution in [1.82, 2.24) is 0 Å². The number of fused-ring (bicyclic) bond motifs is 1. The Morgan fingerprint density at radius 3 is 2.73 bits per heavy atom. The van der Waals surface area contributed by atoms with E-state index in [-0.39, 0.29) is 5.41 Å². The lowest BCUT2D eigenvalue weighted by Crippen LogP contribution is -2.25. The van der Waals surface area contributed by atoms with E-state index in [0.29, 0.717) is 6.54 Å². The maximum absolute atomic E-state index is 5.74. The Hall–Kier alpha value is -1.28. The molecular weight excluding hydrogens is 186 g/mol. The first-order valence-corrected chi connectivity index (χ1v) is 5.27. The third kappa shape index (κ3) is 2.05. The van der Waals surface area contributed by atoms with Crippen LogP contribution in [0.3, 0.4) is 0 Å². The molecule has 0 aliphatic carbocycles. The maximum atomic E-state index is 5.74. The highest BCUT2D eigenvalue weighted by molar-refractivity contribution is 5.80. The molecule has 0 atom stereocenters.